The van der Waals surface area contributed by atoms with E-state index in [1.807, 2.05) is 64.1 Å². The average molecular weight is 372 g/mol. The standard InChI is InChI=1S/C21H25NO3S/c1-14(2)25-21(24)18-7-5-6-17(11-18)12-26-13-20(23)22-19-9-8-15(3)16(4)10-19/h5-11,14H,12-13H2,1-4H3,(H,22,23). The third-order valence-corrected chi connectivity index (χ3v) is 4.80. The number of thioether (sulfide) groups is 1. The van der Waals surface area contributed by atoms with Crippen LogP contribution in [0.4, 0.5) is 5.69 Å². The van der Waals surface area contributed by atoms with Crippen LogP contribution in [0.5, 0.6) is 0 Å². The van der Waals surface area contributed by atoms with Gasteiger partial charge in [-0.05, 0) is 68.7 Å². The lowest BCUT2D eigenvalue weighted by Gasteiger charge is -2.09. The predicted octanol–water partition coefficient (Wildman–Crippen LogP) is 4.74. The molecule has 26 heavy (non-hydrogen) atoms. The van der Waals surface area contributed by atoms with Crippen molar-refractivity contribution in [3.8, 4) is 0 Å². The number of amides is 1. The van der Waals surface area contributed by atoms with Gasteiger partial charge >= 0.3 is 5.97 Å². The van der Waals surface area contributed by atoms with Crippen molar-refractivity contribution < 1.29 is 14.3 Å². The molecule has 1 N–H and O–H groups in total. The molecule has 2 rings (SSSR count). The molecule has 0 fully saturated rings. The van der Waals surface area contributed by atoms with Crippen LogP contribution in [0, 0.1) is 13.8 Å². The lowest BCUT2D eigenvalue weighted by atomic mass is 10.1. The monoisotopic (exact) mass is 371 g/mol. The van der Waals surface area contributed by atoms with E-state index in [4.69, 9.17) is 4.74 Å². The smallest absolute Gasteiger partial charge is 0.338 e. The largest absolute Gasteiger partial charge is 0.459 e. The number of hydrogen-bond acceptors (Lipinski definition) is 4. The van der Waals surface area contributed by atoms with Crippen molar-refractivity contribution in [3.05, 3.63) is 64.7 Å². The van der Waals surface area contributed by atoms with E-state index in [0.717, 1.165) is 16.8 Å². The van der Waals surface area contributed by atoms with E-state index in [2.05, 4.69) is 5.32 Å². The summed E-state index contributed by atoms with van der Waals surface area (Å²) >= 11 is 1.51. The molecule has 4 nitrogen and oxygen atoms in total. The summed E-state index contributed by atoms with van der Waals surface area (Å²) in [6.07, 6.45) is -0.144. The van der Waals surface area contributed by atoms with Gasteiger partial charge in [-0.25, -0.2) is 4.79 Å². The van der Waals surface area contributed by atoms with Gasteiger partial charge in [-0.2, -0.15) is 0 Å². The molecule has 0 bridgehead atoms. The first-order chi connectivity index (χ1) is 12.3. The fourth-order valence-corrected chi connectivity index (χ4v) is 3.12. The summed E-state index contributed by atoms with van der Waals surface area (Å²) in [4.78, 5) is 24.0. The van der Waals surface area contributed by atoms with Crippen molar-refractivity contribution in [2.75, 3.05) is 11.1 Å². The third-order valence-electron chi connectivity index (χ3n) is 3.80. The molecule has 5 heteroatoms. The quantitative estimate of drug-likeness (QED) is 0.714. The Morgan fingerprint density at radius 2 is 1.85 bits per heavy atom. The zero-order valence-corrected chi connectivity index (χ0v) is 16.5. The van der Waals surface area contributed by atoms with Gasteiger partial charge in [-0.1, -0.05) is 18.2 Å². The molecule has 0 saturated carbocycles. The first-order valence-electron chi connectivity index (χ1n) is 8.60. The highest BCUT2D eigenvalue weighted by Crippen LogP contribution is 2.17. The summed E-state index contributed by atoms with van der Waals surface area (Å²) in [7, 11) is 0. The number of hydrogen-bond donors (Lipinski definition) is 1. The molecule has 0 aliphatic carbocycles. The lowest BCUT2D eigenvalue weighted by molar-refractivity contribution is -0.113. The van der Waals surface area contributed by atoms with Crippen LogP contribution in [0.3, 0.4) is 0 Å². The van der Waals surface area contributed by atoms with Crippen LogP contribution in [-0.4, -0.2) is 23.7 Å². The van der Waals surface area contributed by atoms with Crippen molar-refractivity contribution in [1.29, 1.82) is 0 Å². The van der Waals surface area contributed by atoms with E-state index >= 15 is 0 Å². The van der Waals surface area contributed by atoms with E-state index in [9.17, 15) is 9.59 Å². The Hall–Kier alpha value is -2.27. The SMILES string of the molecule is Cc1ccc(NC(=O)CSCc2cccc(C(=O)OC(C)C)c2)cc1C. The normalized spacial score (nSPS) is 10.7. The van der Waals surface area contributed by atoms with Gasteiger partial charge < -0.3 is 10.1 Å². The molecule has 0 atom stereocenters. The highest BCUT2D eigenvalue weighted by molar-refractivity contribution is 7.99. The van der Waals surface area contributed by atoms with E-state index in [1.165, 1.54) is 17.3 Å². The molecule has 0 aromatic heterocycles. The summed E-state index contributed by atoms with van der Waals surface area (Å²) in [5, 5.41) is 2.91. The van der Waals surface area contributed by atoms with Crippen molar-refractivity contribution >= 4 is 29.3 Å². The first-order valence-corrected chi connectivity index (χ1v) is 9.75. The van der Waals surface area contributed by atoms with Gasteiger partial charge in [0.1, 0.15) is 0 Å². The highest BCUT2D eigenvalue weighted by atomic mass is 32.2. The lowest BCUT2D eigenvalue weighted by Crippen LogP contribution is -2.14. The average Bonchev–Trinajstić information content (AvgIpc) is 2.58. The molecule has 138 valence electrons. The molecule has 2 aromatic rings. The Bertz CT molecular complexity index is 787. The summed E-state index contributed by atoms with van der Waals surface area (Å²) < 4.78 is 5.21. The Balaban J connectivity index is 1.84. The van der Waals surface area contributed by atoms with Crippen LogP contribution in [-0.2, 0) is 15.3 Å². The first kappa shape index (κ1) is 20.0. The van der Waals surface area contributed by atoms with Gasteiger partial charge in [0.15, 0.2) is 0 Å². The van der Waals surface area contributed by atoms with Gasteiger partial charge in [0.25, 0.3) is 0 Å². The minimum absolute atomic E-state index is 0.0337. The molecular formula is C21H25NO3S. The number of carbonyl (C=O) groups excluding carboxylic acids is 2. The maximum Gasteiger partial charge on any atom is 0.338 e. The Morgan fingerprint density at radius 3 is 2.54 bits per heavy atom. The molecular weight excluding hydrogens is 346 g/mol. The molecule has 0 aliphatic rings. The number of esters is 1. The van der Waals surface area contributed by atoms with Crippen LogP contribution >= 0.6 is 11.8 Å². The molecule has 0 saturated heterocycles. The van der Waals surface area contributed by atoms with Crippen LogP contribution in [0.1, 0.15) is 40.9 Å². The fourth-order valence-electron chi connectivity index (χ4n) is 2.35. The van der Waals surface area contributed by atoms with E-state index in [0.29, 0.717) is 17.1 Å². The summed E-state index contributed by atoms with van der Waals surface area (Å²) in [6, 6.07) is 13.2. The van der Waals surface area contributed by atoms with Gasteiger partial charge in [0.2, 0.25) is 5.91 Å². The van der Waals surface area contributed by atoms with Crippen molar-refractivity contribution in [3.63, 3.8) is 0 Å². The van der Waals surface area contributed by atoms with Crippen LogP contribution in [0.25, 0.3) is 0 Å². The number of carbonyl (C=O) groups is 2. The molecule has 0 radical (unpaired) electrons. The molecule has 0 heterocycles. The Morgan fingerprint density at radius 1 is 1.08 bits per heavy atom. The van der Waals surface area contributed by atoms with Crippen molar-refractivity contribution in [2.24, 2.45) is 0 Å². The minimum atomic E-state index is -0.320. The number of aryl methyl sites for hydroxylation is 2. The highest BCUT2D eigenvalue weighted by Gasteiger charge is 2.10. The van der Waals surface area contributed by atoms with E-state index in [-0.39, 0.29) is 18.0 Å². The predicted molar refractivity (Wildman–Crippen MR) is 108 cm³/mol. The van der Waals surface area contributed by atoms with E-state index < -0.39 is 0 Å². The number of benzene rings is 2. The summed E-state index contributed by atoms with van der Waals surface area (Å²) in [5.74, 6) is 0.657. The Labute approximate surface area is 159 Å². The zero-order valence-electron chi connectivity index (χ0n) is 15.7. The van der Waals surface area contributed by atoms with Gasteiger partial charge in [-0.15, -0.1) is 11.8 Å². The summed E-state index contributed by atoms with van der Waals surface area (Å²) in [6.45, 7) is 7.72. The number of rotatable bonds is 7. The molecule has 0 aliphatic heterocycles. The van der Waals surface area contributed by atoms with Crippen LogP contribution in [0.15, 0.2) is 42.5 Å². The van der Waals surface area contributed by atoms with Crippen LogP contribution in [0.2, 0.25) is 0 Å². The minimum Gasteiger partial charge on any atom is -0.459 e. The van der Waals surface area contributed by atoms with Crippen molar-refractivity contribution in [2.45, 2.75) is 39.6 Å². The fraction of sp³-hybridized carbons (Fsp3) is 0.333. The second-order valence-electron chi connectivity index (χ2n) is 6.49. The Kier molecular flexibility index (Phi) is 7.27. The molecule has 0 spiro atoms. The van der Waals surface area contributed by atoms with Gasteiger partial charge in [0.05, 0.1) is 17.4 Å². The second kappa shape index (κ2) is 9.43. The zero-order chi connectivity index (χ0) is 19.1. The van der Waals surface area contributed by atoms with Gasteiger partial charge in [0, 0.05) is 11.4 Å². The third kappa shape index (κ3) is 6.23. The maximum atomic E-state index is 12.1. The topological polar surface area (TPSA) is 55.4 Å². The number of nitrogens with one attached hydrogen (secondary N) is 1. The summed E-state index contributed by atoms with van der Waals surface area (Å²) in [5.41, 5.74) is 4.70. The molecule has 0 unspecified atom stereocenters. The van der Waals surface area contributed by atoms with Crippen molar-refractivity contribution in [1.82, 2.24) is 0 Å². The van der Waals surface area contributed by atoms with Crippen LogP contribution < -0.4 is 5.32 Å². The van der Waals surface area contributed by atoms with Gasteiger partial charge in [-0.3, -0.25) is 4.79 Å². The van der Waals surface area contributed by atoms with E-state index in [1.54, 1.807) is 6.07 Å². The molecule has 2 aromatic carbocycles. The number of anilines is 1. The number of ether oxygens (including phenoxy) is 1. The second-order valence-corrected chi connectivity index (χ2v) is 7.48. The maximum absolute atomic E-state index is 12.1. The molecule has 1 amide bonds.